The topological polar surface area (TPSA) is 98.3 Å². The lowest BCUT2D eigenvalue weighted by molar-refractivity contribution is -0.137. The summed E-state index contributed by atoms with van der Waals surface area (Å²) in [5.74, 6) is -0.998. The fourth-order valence-electron chi connectivity index (χ4n) is 1.90. The van der Waals surface area contributed by atoms with Crippen molar-refractivity contribution in [2.45, 2.75) is 33.1 Å². The lowest BCUT2D eigenvalue weighted by Gasteiger charge is -2.20. The molecule has 1 rings (SSSR count). The zero-order valence-corrected chi connectivity index (χ0v) is 12.0. The second-order valence-electron chi connectivity index (χ2n) is 4.67. The van der Waals surface area contributed by atoms with Gasteiger partial charge in [0.05, 0.1) is 6.20 Å². The van der Waals surface area contributed by atoms with Crippen molar-refractivity contribution in [2.75, 3.05) is 19.6 Å². The molecule has 0 aromatic carbocycles. The van der Waals surface area contributed by atoms with E-state index >= 15 is 0 Å². The molecule has 0 aliphatic rings. The first-order valence-corrected chi connectivity index (χ1v) is 6.78. The summed E-state index contributed by atoms with van der Waals surface area (Å²) in [6.07, 6.45) is 4.13. The number of aliphatic carboxylic acids is 1. The number of amides is 2. The first kappa shape index (κ1) is 16.0. The van der Waals surface area contributed by atoms with E-state index in [1.165, 1.54) is 4.90 Å². The molecule has 0 unspecified atom stereocenters. The quantitative estimate of drug-likeness (QED) is 0.623. The standard InChI is InChI=1S/C13H22N4O3/c1-3-7-17(9-12(18)19)13(20)14-6-4-5-11-8-15-16-10(11)2/h8H,3-7,9H2,1-2H3,(H,14,20)(H,15,16)(H,18,19). The van der Waals surface area contributed by atoms with Crippen LogP contribution in [0.25, 0.3) is 0 Å². The summed E-state index contributed by atoms with van der Waals surface area (Å²) in [6, 6.07) is -0.321. The summed E-state index contributed by atoms with van der Waals surface area (Å²) in [4.78, 5) is 23.8. The van der Waals surface area contributed by atoms with Gasteiger partial charge in [-0.25, -0.2) is 4.79 Å². The number of carboxylic acid groups (broad SMARTS) is 1. The molecule has 20 heavy (non-hydrogen) atoms. The molecule has 7 heteroatoms. The molecule has 0 saturated heterocycles. The average molecular weight is 282 g/mol. The maximum Gasteiger partial charge on any atom is 0.323 e. The molecule has 0 aliphatic carbocycles. The Morgan fingerprint density at radius 1 is 1.50 bits per heavy atom. The largest absolute Gasteiger partial charge is 0.480 e. The summed E-state index contributed by atoms with van der Waals surface area (Å²) in [5, 5.41) is 18.3. The second-order valence-corrected chi connectivity index (χ2v) is 4.67. The number of urea groups is 1. The molecular formula is C13H22N4O3. The predicted molar refractivity (Wildman–Crippen MR) is 74.5 cm³/mol. The number of nitrogens with zero attached hydrogens (tertiary/aromatic N) is 2. The van der Waals surface area contributed by atoms with Gasteiger partial charge in [-0.3, -0.25) is 9.89 Å². The van der Waals surface area contributed by atoms with Crippen LogP contribution >= 0.6 is 0 Å². The van der Waals surface area contributed by atoms with E-state index in [-0.39, 0.29) is 12.6 Å². The number of hydrogen-bond acceptors (Lipinski definition) is 3. The molecule has 0 fully saturated rings. The van der Waals surface area contributed by atoms with E-state index in [1.807, 2.05) is 13.8 Å². The first-order chi connectivity index (χ1) is 9.54. The van der Waals surface area contributed by atoms with Crippen LogP contribution in [-0.2, 0) is 11.2 Å². The first-order valence-electron chi connectivity index (χ1n) is 6.78. The SMILES string of the molecule is CCCN(CC(=O)O)C(=O)NCCCc1cn[nH]c1C. The highest BCUT2D eigenvalue weighted by molar-refractivity contribution is 5.80. The van der Waals surface area contributed by atoms with Crippen molar-refractivity contribution in [3.8, 4) is 0 Å². The second kappa shape index (κ2) is 8.19. The molecule has 7 nitrogen and oxygen atoms in total. The van der Waals surface area contributed by atoms with Crippen molar-refractivity contribution < 1.29 is 14.7 Å². The van der Waals surface area contributed by atoms with Gasteiger partial charge in [-0.15, -0.1) is 0 Å². The molecule has 112 valence electrons. The van der Waals surface area contributed by atoms with Gasteiger partial charge < -0.3 is 15.3 Å². The van der Waals surface area contributed by atoms with Crippen molar-refractivity contribution in [1.82, 2.24) is 20.4 Å². The maximum absolute atomic E-state index is 11.8. The molecule has 0 atom stereocenters. The molecule has 1 aromatic heterocycles. The Kier molecular flexibility index (Phi) is 6.55. The van der Waals surface area contributed by atoms with Crippen LogP contribution in [0.3, 0.4) is 0 Å². The van der Waals surface area contributed by atoms with Crippen LogP contribution in [0.4, 0.5) is 4.79 Å². The van der Waals surface area contributed by atoms with Crippen LogP contribution < -0.4 is 5.32 Å². The number of nitrogens with one attached hydrogen (secondary N) is 2. The number of hydrogen-bond donors (Lipinski definition) is 3. The van der Waals surface area contributed by atoms with E-state index in [2.05, 4.69) is 15.5 Å². The van der Waals surface area contributed by atoms with Crippen LogP contribution in [0.5, 0.6) is 0 Å². The van der Waals surface area contributed by atoms with Crippen molar-refractivity contribution in [3.63, 3.8) is 0 Å². The molecule has 2 amide bonds. The third-order valence-electron chi connectivity index (χ3n) is 2.94. The summed E-state index contributed by atoms with van der Waals surface area (Å²) in [6.45, 7) is 4.56. The number of carboxylic acids is 1. The molecular weight excluding hydrogens is 260 g/mol. The van der Waals surface area contributed by atoms with E-state index < -0.39 is 5.97 Å². The third-order valence-corrected chi connectivity index (χ3v) is 2.94. The highest BCUT2D eigenvalue weighted by Crippen LogP contribution is 2.05. The zero-order valence-electron chi connectivity index (χ0n) is 12.0. The van der Waals surface area contributed by atoms with Crippen LogP contribution in [-0.4, -0.2) is 51.8 Å². The molecule has 0 bridgehead atoms. The molecule has 0 radical (unpaired) electrons. The highest BCUT2D eigenvalue weighted by Gasteiger charge is 2.14. The van der Waals surface area contributed by atoms with Crippen molar-refractivity contribution in [3.05, 3.63) is 17.5 Å². The van der Waals surface area contributed by atoms with Gasteiger partial charge in [-0.05, 0) is 31.7 Å². The number of carbonyl (C=O) groups excluding carboxylic acids is 1. The molecule has 1 aromatic rings. The van der Waals surface area contributed by atoms with Crippen LogP contribution in [0.1, 0.15) is 31.0 Å². The Bertz CT molecular complexity index is 445. The van der Waals surface area contributed by atoms with E-state index in [0.29, 0.717) is 13.1 Å². The normalized spacial score (nSPS) is 10.3. The van der Waals surface area contributed by atoms with Gasteiger partial charge >= 0.3 is 12.0 Å². The summed E-state index contributed by atoms with van der Waals surface area (Å²) >= 11 is 0. The number of aromatic amines is 1. The smallest absolute Gasteiger partial charge is 0.323 e. The Balaban J connectivity index is 2.30. The number of H-pyrrole nitrogens is 1. The Morgan fingerprint density at radius 3 is 2.80 bits per heavy atom. The lowest BCUT2D eigenvalue weighted by atomic mass is 10.1. The minimum Gasteiger partial charge on any atom is -0.480 e. The van der Waals surface area contributed by atoms with Crippen molar-refractivity contribution in [1.29, 1.82) is 0 Å². The summed E-state index contributed by atoms with van der Waals surface area (Å²) in [5.41, 5.74) is 2.17. The lowest BCUT2D eigenvalue weighted by Crippen LogP contribution is -2.43. The van der Waals surface area contributed by atoms with E-state index in [0.717, 1.165) is 30.5 Å². The van der Waals surface area contributed by atoms with Gasteiger partial charge in [-0.2, -0.15) is 5.10 Å². The van der Waals surface area contributed by atoms with Crippen molar-refractivity contribution in [2.24, 2.45) is 0 Å². The Labute approximate surface area is 118 Å². The van der Waals surface area contributed by atoms with Gasteiger partial charge in [0, 0.05) is 18.8 Å². The minimum absolute atomic E-state index is 0.263. The molecule has 1 heterocycles. The highest BCUT2D eigenvalue weighted by atomic mass is 16.4. The molecule has 3 N–H and O–H groups in total. The molecule has 0 aliphatic heterocycles. The number of aryl methyl sites for hydroxylation is 2. The van der Waals surface area contributed by atoms with Crippen molar-refractivity contribution >= 4 is 12.0 Å². The van der Waals surface area contributed by atoms with Gasteiger partial charge in [0.15, 0.2) is 0 Å². The summed E-state index contributed by atoms with van der Waals surface area (Å²) < 4.78 is 0. The Morgan fingerprint density at radius 2 is 2.25 bits per heavy atom. The number of carbonyl (C=O) groups is 2. The van der Waals surface area contributed by atoms with E-state index in [9.17, 15) is 9.59 Å². The van der Waals surface area contributed by atoms with Gasteiger partial charge in [0.25, 0.3) is 0 Å². The number of rotatable bonds is 8. The predicted octanol–water partition coefficient (Wildman–Crippen LogP) is 1.16. The van der Waals surface area contributed by atoms with E-state index in [4.69, 9.17) is 5.11 Å². The third kappa shape index (κ3) is 5.29. The van der Waals surface area contributed by atoms with Gasteiger partial charge in [0.2, 0.25) is 0 Å². The van der Waals surface area contributed by atoms with E-state index in [1.54, 1.807) is 6.20 Å². The Hall–Kier alpha value is -2.05. The minimum atomic E-state index is -0.998. The zero-order chi connectivity index (χ0) is 15.0. The number of aromatic nitrogens is 2. The molecule has 0 spiro atoms. The van der Waals surface area contributed by atoms with Gasteiger partial charge in [-0.1, -0.05) is 6.92 Å². The average Bonchev–Trinajstić information content (AvgIpc) is 2.79. The van der Waals surface area contributed by atoms with Gasteiger partial charge in [0.1, 0.15) is 6.54 Å². The monoisotopic (exact) mass is 282 g/mol. The fraction of sp³-hybridized carbons (Fsp3) is 0.615. The van der Waals surface area contributed by atoms with Crippen LogP contribution in [0, 0.1) is 6.92 Å². The van der Waals surface area contributed by atoms with Crippen LogP contribution in [0.2, 0.25) is 0 Å². The summed E-state index contributed by atoms with van der Waals surface area (Å²) in [7, 11) is 0. The fourth-order valence-corrected chi connectivity index (χ4v) is 1.90. The van der Waals surface area contributed by atoms with Crippen LogP contribution in [0.15, 0.2) is 6.20 Å². The molecule has 0 saturated carbocycles. The maximum atomic E-state index is 11.8.